The van der Waals surface area contributed by atoms with Crippen molar-refractivity contribution in [3.8, 4) is 0 Å². The second-order valence-corrected chi connectivity index (χ2v) is 9.42. The molecule has 0 spiro atoms. The molecule has 1 aliphatic rings. The van der Waals surface area contributed by atoms with Gasteiger partial charge in [-0.15, -0.1) is 0 Å². The first-order chi connectivity index (χ1) is 17.0. The van der Waals surface area contributed by atoms with Gasteiger partial charge in [0, 0.05) is 32.1 Å². The molecule has 194 valence electrons. The van der Waals surface area contributed by atoms with Crippen LogP contribution in [0.5, 0.6) is 0 Å². The Morgan fingerprint density at radius 1 is 1.17 bits per heavy atom. The van der Waals surface area contributed by atoms with Crippen LogP contribution in [0.15, 0.2) is 47.4 Å². The number of rotatable bonds is 8. The van der Waals surface area contributed by atoms with Crippen molar-refractivity contribution >= 4 is 24.0 Å². The van der Waals surface area contributed by atoms with Gasteiger partial charge in [0.15, 0.2) is 0 Å². The average Bonchev–Trinajstić information content (AvgIpc) is 3.21. The van der Waals surface area contributed by atoms with E-state index in [1.165, 1.54) is 16.8 Å². The molecule has 0 radical (unpaired) electrons. The number of likely N-dealkylation sites (tertiary alicyclic amines) is 1. The summed E-state index contributed by atoms with van der Waals surface area (Å²) < 4.78 is 11.7. The van der Waals surface area contributed by atoms with Crippen molar-refractivity contribution < 1.29 is 33.5 Å². The zero-order valence-electron chi connectivity index (χ0n) is 20.5. The highest BCUT2D eigenvalue weighted by Crippen LogP contribution is 2.23. The fourth-order valence-corrected chi connectivity index (χ4v) is 3.87. The van der Waals surface area contributed by atoms with Crippen LogP contribution in [0.4, 0.5) is 15.4 Å². The monoisotopic (exact) mass is 502 g/mol. The summed E-state index contributed by atoms with van der Waals surface area (Å²) in [7, 11) is 0. The quantitative estimate of drug-likeness (QED) is 0.397. The van der Waals surface area contributed by atoms with Gasteiger partial charge >= 0.3 is 23.8 Å². The Labute approximate surface area is 208 Å². The average molecular weight is 503 g/mol. The smallest absolute Gasteiger partial charge is 0.480 e. The Kier molecular flexibility index (Phi) is 8.64. The second kappa shape index (κ2) is 11.7. The van der Waals surface area contributed by atoms with E-state index in [1.807, 2.05) is 30.3 Å². The van der Waals surface area contributed by atoms with Gasteiger partial charge in [-0.2, -0.15) is 14.3 Å². The van der Waals surface area contributed by atoms with E-state index < -0.39 is 41.5 Å². The summed E-state index contributed by atoms with van der Waals surface area (Å²) in [6.07, 6.45) is 0.406. The summed E-state index contributed by atoms with van der Waals surface area (Å²) in [4.78, 5) is 52.6. The maximum Gasteiger partial charge on any atom is 0.497 e. The standard InChI is InChI=1S/C24H31N5O7/c1-24(2,3)36-22(33)25-10-12-28-14-17(13-18(28)20(30)31)29-11-9-19(26-21(29)32)27-23(34)35-15-16-7-5-4-6-8-16/h4-9,11,17-18H,10,12-15H2,1-3H3,(H3,25,26,27,30,31,32,33,34)/p+1/t17-,18-/m0/s1. The maximum absolute atomic E-state index is 12.7. The molecular weight excluding hydrogens is 470 g/mol. The molecule has 1 aromatic carbocycles. The number of aromatic amines is 1. The van der Waals surface area contributed by atoms with Gasteiger partial charge in [-0.05, 0) is 26.3 Å². The van der Waals surface area contributed by atoms with E-state index in [1.54, 1.807) is 25.7 Å². The van der Waals surface area contributed by atoms with Crippen molar-refractivity contribution in [3.63, 3.8) is 0 Å². The normalized spacial score (nSPS) is 17.9. The van der Waals surface area contributed by atoms with Gasteiger partial charge in [-0.1, -0.05) is 30.3 Å². The van der Waals surface area contributed by atoms with Crippen LogP contribution in [0.2, 0.25) is 0 Å². The third-order valence-electron chi connectivity index (χ3n) is 5.45. The number of hydrogen-bond donors (Lipinski definition) is 4. The highest BCUT2D eigenvalue weighted by atomic mass is 16.6. The van der Waals surface area contributed by atoms with Crippen molar-refractivity contribution in [1.29, 1.82) is 0 Å². The lowest BCUT2D eigenvalue weighted by molar-refractivity contribution is -0.735. The maximum atomic E-state index is 12.7. The molecule has 36 heavy (non-hydrogen) atoms. The molecule has 1 aromatic heterocycles. The number of carbonyl (C=O) groups excluding carboxylic acids is 2. The summed E-state index contributed by atoms with van der Waals surface area (Å²) in [5.74, 6) is -0.855. The summed E-state index contributed by atoms with van der Waals surface area (Å²) in [6.45, 7) is 6.11. The number of ether oxygens (including phenoxy) is 2. The van der Waals surface area contributed by atoms with Crippen LogP contribution < -0.4 is 20.9 Å². The molecule has 12 heteroatoms. The largest absolute Gasteiger partial charge is 0.497 e. The lowest BCUT2D eigenvalue weighted by Crippen LogP contribution is -2.55. The van der Waals surface area contributed by atoms with E-state index in [4.69, 9.17) is 9.47 Å². The number of benzene rings is 1. The van der Waals surface area contributed by atoms with Crippen molar-refractivity contribution in [3.05, 3.63) is 58.6 Å². The topological polar surface area (TPSA) is 154 Å². The number of carboxylic acids is 1. The van der Waals surface area contributed by atoms with Crippen LogP contribution in [-0.4, -0.2) is 64.4 Å². The van der Waals surface area contributed by atoms with Crippen molar-refractivity contribution in [2.75, 3.05) is 25.0 Å². The Balaban J connectivity index is 1.56. The van der Waals surface area contributed by atoms with Crippen molar-refractivity contribution in [2.45, 2.75) is 51.5 Å². The number of H-pyrrole nitrogens is 1. The molecule has 0 aliphatic carbocycles. The molecule has 1 fully saturated rings. The van der Waals surface area contributed by atoms with Gasteiger partial charge in [-0.25, -0.2) is 9.59 Å². The lowest BCUT2D eigenvalue weighted by Gasteiger charge is -2.22. The molecule has 2 aromatic rings. The summed E-state index contributed by atoms with van der Waals surface area (Å²) >= 11 is 0. The van der Waals surface area contributed by atoms with Crippen LogP contribution in [0.3, 0.4) is 0 Å². The van der Waals surface area contributed by atoms with Crippen LogP contribution in [0, 0.1) is 0 Å². The number of amides is 2. The van der Waals surface area contributed by atoms with Crippen molar-refractivity contribution in [1.82, 2.24) is 15.2 Å². The van der Waals surface area contributed by atoms with E-state index in [9.17, 15) is 24.3 Å². The van der Waals surface area contributed by atoms with E-state index in [2.05, 4.69) is 15.6 Å². The molecule has 3 rings (SSSR count). The minimum atomic E-state index is -1.01. The van der Waals surface area contributed by atoms with Gasteiger partial charge in [0.1, 0.15) is 30.5 Å². The van der Waals surface area contributed by atoms with Gasteiger partial charge in [-0.3, -0.25) is 15.0 Å². The SMILES string of the molecule is CC(C)(C)OC(=O)NCCN1C[C@@H]([n+]2ccc(NC(=O)OCc3ccccc3)[nH]c2=O)C[C@H]1C(=O)O. The summed E-state index contributed by atoms with van der Waals surface area (Å²) in [6, 6.07) is 9.46. The molecule has 2 atom stereocenters. The number of hydrogen-bond acceptors (Lipinski definition) is 7. The molecule has 1 saturated heterocycles. The third-order valence-corrected chi connectivity index (χ3v) is 5.45. The summed E-state index contributed by atoms with van der Waals surface area (Å²) in [5.41, 5.74) is -0.310. The molecule has 0 bridgehead atoms. The molecule has 2 heterocycles. The summed E-state index contributed by atoms with van der Waals surface area (Å²) in [5, 5.41) is 14.7. The van der Waals surface area contributed by atoms with Gasteiger partial charge in [0.05, 0.1) is 0 Å². The Morgan fingerprint density at radius 2 is 1.89 bits per heavy atom. The van der Waals surface area contributed by atoms with Gasteiger partial charge in [0.2, 0.25) is 5.82 Å². The predicted octanol–water partition coefficient (Wildman–Crippen LogP) is 1.64. The van der Waals surface area contributed by atoms with Gasteiger partial charge < -0.3 is 19.9 Å². The molecule has 2 amide bonds. The number of nitrogens with one attached hydrogen (secondary N) is 3. The third kappa shape index (κ3) is 7.80. The number of carbonyl (C=O) groups is 3. The number of alkyl carbamates (subject to hydrolysis) is 1. The Morgan fingerprint density at radius 3 is 2.53 bits per heavy atom. The minimum Gasteiger partial charge on any atom is -0.480 e. The van der Waals surface area contributed by atoms with E-state index in [0.717, 1.165) is 5.56 Å². The Bertz CT molecular complexity index is 1130. The molecule has 12 nitrogen and oxygen atoms in total. The Hall–Kier alpha value is -3.93. The highest BCUT2D eigenvalue weighted by molar-refractivity contribution is 5.83. The fraction of sp³-hybridized carbons (Fsp3) is 0.458. The number of aromatic nitrogens is 2. The number of anilines is 1. The van der Waals surface area contributed by atoms with Crippen LogP contribution in [-0.2, 0) is 20.9 Å². The van der Waals surface area contributed by atoms with Gasteiger partial charge in [0.25, 0.3) is 0 Å². The van der Waals surface area contributed by atoms with E-state index in [-0.39, 0.29) is 31.9 Å². The van der Waals surface area contributed by atoms with Crippen LogP contribution in [0.25, 0.3) is 0 Å². The molecule has 0 unspecified atom stereocenters. The first kappa shape index (κ1) is 26.7. The second-order valence-electron chi connectivity index (χ2n) is 9.42. The fourth-order valence-electron chi connectivity index (χ4n) is 3.87. The molecular formula is C24H32N5O7+. The lowest BCUT2D eigenvalue weighted by atomic mass is 10.1. The number of aliphatic carboxylic acids is 1. The first-order valence-corrected chi connectivity index (χ1v) is 11.6. The minimum absolute atomic E-state index is 0.0843. The zero-order valence-corrected chi connectivity index (χ0v) is 20.5. The van der Waals surface area contributed by atoms with Crippen molar-refractivity contribution in [2.24, 2.45) is 0 Å². The van der Waals surface area contributed by atoms with E-state index >= 15 is 0 Å². The zero-order chi connectivity index (χ0) is 26.3. The van der Waals surface area contributed by atoms with Crippen LogP contribution in [0.1, 0.15) is 38.8 Å². The molecule has 1 aliphatic heterocycles. The predicted molar refractivity (Wildman–Crippen MR) is 128 cm³/mol. The first-order valence-electron chi connectivity index (χ1n) is 11.6. The molecule has 0 saturated carbocycles. The van der Waals surface area contributed by atoms with E-state index in [0.29, 0.717) is 6.54 Å². The highest BCUT2D eigenvalue weighted by Gasteiger charge is 2.40. The number of carboxylic acid groups (broad SMARTS) is 1. The molecule has 4 N–H and O–H groups in total. The van der Waals surface area contributed by atoms with Crippen LogP contribution >= 0.6 is 0 Å². The number of nitrogens with zero attached hydrogens (tertiary/aromatic N) is 2.